The zero-order valence-electron chi connectivity index (χ0n) is 14.6. The molecule has 0 fully saturated rings. The quantitative estimate of drug-likeness (QED) is 0.708. The summed E-state index contributed by atoms with van der Waals surface area (Å²) in [4.78, 5) is 14.4. The number of carbonyl (C=O) groups is 1. The number of hydrogen-bond acceptors (Lipinski definition) is 1. The molecule has 3 aromatic carbocycles. The van der Waals surface area contributed by atoms with E-state index in [0.29, 0.717) is 6.54 Å². The number of benzene rings is 3. The van der Waals surface area contributed by atoms with Crippen LogP contribution in [-0.4, -0.2) is 18.0 Å². The summed E-state index contributed by atoms with van der Waals surface area (Å²) in [5.74, 6) is -0.295. The van der Waals surface area contributed by atoms with Gasteiger partial charge in [0.1, 0.15) is 5.82 Å². The summed E-state index contributed by atoms with van der Waals surface area (Å²) in [6, 6.07) is 25.3. The van der Waals surface area contributed by atoms with Crippen LogP contribution in [0.25, 0.3) is 0 Å². The standard InChI is InChI=1S/C22H21FN2O/c1-25(22(26)24-16-17-8-4-2-5-9-17)21(18-10-6-3-7-11-18)19-12-14-20(23)15-13-19/h2-15,21H,16H2,1H3,(H,24,26). The van der Waals surface area contributed by atoms with Crippen LogP contribution >= 0.6 is 0 Å². The molecular weight excluding hydrogens is 327 g/mol. The zero-order chi connectivity index (χ0) is 18.4. The van der Waals surface area contributed by atoms with Crippen molar-refractivity contribution in [3.8, 4) is 0 Å². The smallest absolute Gasteiger partial charge is 0.318 e. The molecule has 3 nitrogen and oxygen atoms in total. The van der Waals surface area contributed by atoms with Gasteiger partial charge in [0, 0.05) is 13.6 Å². The van der Waals surface area contributed by atoms with Crippen molar-refractivity contribution in [2.24, 2.45) is 0 Å². The number of halogens is 1. The molecule has 0 radical (unpaired) electrons. The van der Waals surface area contributed by atoms with Crippen LogP contribution in [0.3, 0.4) is 0 Å². The van der Waals surface area contributed by atoms with E-state index < -0.39 is 0 Å². The Morgan fingerprint density at radius 1 is 0.885 bits per heavy atom. The summed E-state index contributed by atoms with van der Waals surface area (Å²) in [6.07, 6.45) is 0. The molecule has 1 unspecified atom stereocenters. The van der Waals surface area contributed by atoms with E-state index in [1.165, 1.54) is 12.1 Å². The van der Waals surface area contributed by atoms with Crippen LogP contribution < -0.4 is 5.32 Å². The summed E-state index contributed by atoms with van der Waals surface area (Å²) in [5.41, 5.74) is 2.86. The van der Waals surface area contributed by atoms with Gasteiger partial charge in [0.2, 0.25) is 0 Å². The first-order valence-corrected chi connectivity index (χ1v) is 8.50. The predicted octanol–water partition coefficient (Wildman–Crippen LogP) is 4.76. The first kappa shape index (κ1) is 17.7. The molecule has 1 atom stereocenters. The van der Waals surface area contributed by atoms with E-state index >= 15 is 0 Å². The number of hydrogen-bond donors (Lipinski definition) is 1. The van der Waals surface area contributed by atoms with Crippen LogP contribution in [0.5, 0.6) is 0 Å². The lowest BCUT2D eigenvalue weighted by molar-refractivity contribution is 0.198. The van der Waals surface area contributed by atoms with Crippen LogP contribution in [0.4, 0.5) is 9.18 Å². The lowest BCUT2D eigenvalue weighted by atomic mass is 9.97. The van der Waals surface area contributed by atoms with E-state index in [1.54, 1.807) is 24.1 Å². The van der Waals surface area contributed by atoms with Crippen molar-refractivity contribution in [3.05, 3.63) is 107 Å². The van der Waals surface area contributed by atoms with E-state index in [1.807, 2.05) is 60.7 Å². The Bertz CT molecular complexity index is 835. The van der Waals surface area contributed by atoms with Gasteiger partial charge < -0.3 is 10.2 Å². The Morgan fingerprint density at radius 2 is 1.42 bits per heavy atom. The van der Waals surface area contributed by atoms with E-state index in [-0.39, 0.29) is 17.9 Å². The van der Waals surface area contributed by atoms with E-state index in [4.69, 9.17) is 0 Å². The highest BCUT2D eigenvalue weighted by atomic mass is 19.1. The maximum atomic E-state index is 13.3. The minimum absolute atomic E-state index is 0.188. The Kier molecular flexibility index (Phi) is 5.64. The molecule has 0 aliphatic carbocycles. The third-order valence-electron chi connectivity index (χ3n) is 4.30. The number of amides is 2. The number of urea groups is 1. The first-order chi connectivity index (χ1) is 12.6. The second-order valence-electron chi connectivity index (χ2n) is 6.12. The van der Waals surface area contributed by atoms with E-state index in [0.717, 1.165) is 16.7 Å². The minimum Gasteiger partial charge on any atom is -0.334 e. The Balaban J connectivity index is 1.81. The van der Waals surface area contributed by atoms with Gasteiger partial charge in [0.25, 0.3) is 0 Å². The highest BCUT2D eigenvalue weighted by molar-refractivity contribution is 5.75. The molecule has 0 aromatic heterocycles. The summed E-state index contributed by atoms with van der Waals surface area (Å²) in [7, 11) is 1.75. The normalized spacial score (nSPS) is 11.6. The topological polar surface area (TPSA) is 32.3 Å². The van der Waals surface area contributed by atoms with Gasteiger partial charge in [-0.1, -0.05) is 72.8 Å². The molecule has 0 saturated heterocycles. The molecule has 0 aliphatic rings. The van der Waals surface area contributed by atoms with Crippen LogP contribution in [-0.2, 0) is 6.54 Å². The maximum absolute atomic E-state index is 13.3. The van der Waals surface area contributed by atoms with Gasteiger partial charge >= 0.3 is 6.03 Å². The maximum Gasteiger partial charge on any atom is 0.318 e. The van der Waals surface area contributed by atoms with Crippen LogP contribution in [0.1, 0.15) is 22.7 Å². The van der Waals surface area contributed by atoms with E-state index in [9.17, 15) is 9.18 Å². The average Bonchev–Trinajstić information content (AvgIpc) is 2.69. The average molecular weight is 348 g/mol. The van der Waals surface area contributed by atoms with Crippen molar-refractivity contribution in [1.29, 1.82) is 0 Å². The van der Waals surface area contributed by atoms with Crippen molar-refractivity contribution in [2.75, 3.05) is 7.05 Å². The second kappa shape index (κ2) is 8.30. The molecule has 4 heteroatoms. The van der Waals surface area contributed by atoms with Crippen LogP contribution in [0, 0.1) is 5.82 Å². The summed E-state index contributed by atoms with van der Waals surface area (Å²) in [5, 5.41) is 2.94. The first-order valence-electron chi connectivity index (χ1n) is 8.50. The van der Waals surface area contributed by atoms with Gasteiger partial charge in [0.05, 0.1) is 6.04 Å². The van der Waals surface area contributed by atoms with Gasteiger partial charge in [-0.25, -0.2) is 9.18 Å². The molecule has 1 N–H and O–H groups in total. The molecule has 0 saturated carbocycles. The fourth-order valence-corrected chi connectivity index (χ4v) is 2.94. The van der Waals surface area contributed by atoms with Gasteiger partial charge in [0.15, 0.2) is 0 Å². The predicted molar refractivity (Wildman–Crippen MR) is 101 cm³/mol. The van der Waals surface area contributed by atoms with Crippen molar-refractivity contribution in [1.82, 2.24) is 10.2 Å². The fraction of sp³-hybridized carbons (Fsp3) is 0.136. The molecule has 3 rings (SSSR count). The van der Waals surface area contributed by atoms with Gasteiger partial charge in [-0.15, -0.1) is 0 Å². The number of rotatable bonds is 5. The Hall–Kier alpha value is -3.14. The number of carbonyl (C=O) groups excluding carboxylic acids is 1. The lowest BCUT2D eigenvalue weighted by Crippen LogP contribution is -2.39. The molecule has 2 amide bonds. The monoisotopic (exact) mass is 348 g/mol. The molecule has 0 spiro atoms. The summed E-state index contributed by atoms with van der Waals surface area (Å²) < 4.78 is 13.3. The molecule has 0 bridgehead atoms. The zero-order valence-corrected chi connectivity index (χ0v) is 14.6. The Labute approximate surface area is 153 Å². The molecule has 0 heterocycles. The molecule has 0 aliphatic heterocycles. The molecule has 26 heavy (non-hydrogen) atoms. The molecular formula is C22H21FN2O. The SMILES string of the molecule is CN(C(=O)NCc1ccccc1)C(c1ccccc1)c1ccc(F)cc1. The fourth-order valence-electron chi connectivity index (χ4n) is 2.94. The highest BCUT2D eigenvalue weighted by Crippen LogP contribution is 2.27. The third kappa shape index (κ3) is 4.28. The minimum atomic E-state index is -0.299. The van der Waals surface area contributed by atoms with Gasteiger partial charge in [-0.2, -0.15) is 0 Å². The van der Waals surface area contributed by atoms with Gasteiger partial charge in [-0.3, -0.25) is 0 Å². The molecule has 132 valence electrons. The highest BCUT2D eigenvalue weighted by Gasteiger charge is 2.23. The van der Waals surface area contributed by atoms with Crippen molar-refractivity contribution in [2.45, 2.75) is 12.6 Å². The number of nitrogens with zero attached hydrogens (tertiary/aromatic N) is 1. The van der Waals surface area contributed by atoms with Crippen molar-refractivity contribution < 1.29 is 9.18 Å². The van der Waals surface area contributed by atoms with E-state index in [2.05, 4.69) is 5.32 Å². The summed E-state index contributed by atoms with van der Waals surface area (Å²) >= 11 is 0. The lowest BCUT2D eigenvalue weighted by Gasteiger charge is -2.29. The number of nitrogens with one attached hydrogen (secondary N) is 1. The Morgan fingerprint density at radius 3 is 2.04 bits per heavy atom. The van der Waals surface area contributed by atoms with Crippen LogP contribution in [0.15, 0.2) is 84.9 Å². The molecule has 3 aromatic rings. The van der Waals surface area contributed by atoms with Crippen molar-refractivity contribution in [3.63, 3.8) is 0 Å². The van der Waals surface area contributed by atoms with Crippen molar-refractivity contribution >= 4 is 6.03 Å². The third-order valence-corrected chi connectivity index (χ3v) is 4.30. The summed E-state index contributed by atoms with van der Waals surface area (Å²) in [6.45, 7) is 0.453. The van der Waals surface area contributed by atoms with Crippen LogP contribution in [0.2, 0.25) is 0 Å². The van der Waals surface area contributed by atoms with Gasteiger partial charge in [-0.05, 0) is 28.8 Å². The second-order valence-corrected chi connectivity index (χ2v) is 6.12. The largest absolute Gasteiger partial charge is 0.334 e.